The molecule has 2 N–H and O–H groups in total. The van der Waals surface area contributed by atoms with Crippen LogP contribution in [0, 0.1) is 0 Å². The number of nitrogens with zero attached hydrogens (tertiary/aromatic N) is 2. The highest BCUT2D eigenvalue weighted by Gasteiger charge is 2.15. The minimum absolute atomic E-state index is 0.0958. The van der Waals surface area contributed by atoms with E-state index in [9.17, 15) is 4.79 Å². The molecule has 1 aromatic heterocycles. The van der Waals surface area contributed by atoms with E-state index in [1.54, 1.807) is 24.3 Å². The van der Waals surface area contributed by atoms with Crippen LogP contribution in [-0.2, 0) is 0 Å². The molecule has 1 atom stereocenters. The van der Waals surface area contributed by atoms with Crippen LogP contribution < -0.4 is 5.32 Å². The van der Waals surface area contributed by atoms with E-state index >= 15 is 0 Å². The number of carbonyl (C=O) groups is 1. The van der Waals surface area contributed by atoms with Gasteiger partial charge in [0.15, 0.2) is 0 Å². The van der Waals surface area contributed by atoms with Crippen molar-refractivity contribution in [2.45, 2.75) is 18.9 Å². The molecule has 0 radical (unpaired) electrons. The SMILES string of the molecule is O=C(NC(CCCO)c1ccccc1)c1ccc(-c2ncon2)cc1. The van der Waals surface area contributed by atoms with Crippen LogP contribution in [0.15, 0.2) is 65.5 Å². The van der Waals surface area contributed by atoms with E-state index in [4.69, 9.17) is 9.63 Å². The van der Waals surface area contributed by atoms with Crippen molar-refractivity contribution in [3.05, 3.63) is 72.1 Å². The van der Waals surface area contributed by atoms with Crippen molar-refractivity contribution in [2.75, 3.05) is 6.61 Å². The molecule has 128 valence electrons. The molecule has 3 aromatic rings. The van der Waals surface area contributed by atoms with Crippen LogP contribution in [0.5, 0.6) is 0 Å². The summed E-state index contributed by atoms with van der Waals surface area (Å²) in [4.78, 5) is 16.5. The number of carbonyl (C=O) groups excluding carboxylic acids is 1. The van der Waals surface area contributed by atoms with Crippen LogP contribution in [0.2, 0.25) is 0 Å². The van der Waals surface area contributed by atoms with E-state index < -0.39 is 0 Å². The second-order valence-corrected chi connectivity index (χ2v) is 5.63. The van der Waals surface area contributed by atoms with Crippen molar-refractivity contribution in [3.63, 3.8) is 0 Å². The zero-order valence-electron chi connectivity index (χ0n) is 13.6. The summed E-state index contributed by atoms with van der Waals surface area (Å²) in [6.07, 6.45) is 2.56. The molecule has 3 rings (SSSR count). The fraction of sp³-hybridized carbons (Fsp3) is 0.211. The summed E-state index contributed by atoms with van der Waals surface area (Å²) in [5.74, 6) is 0.323. The van der Waals surface area contributed by atoms with Gasteiger partial charge in [-0.1, -0.05) is 47.6 Å². The average molecular weight is 337 g/mol. The number of hydrogen-bond donors (Lipinski definition) is 2. The Labute approximate surface area is 145 Å². The molecule has 1 heterocycles. The summed E-state index contributed by atoms with van der Waals surface area (Å²) >= 11 is 0. The maximum atomic E-state index is 12.6. The van der Waals surface area contributed by atoms with Crippen LogP contribution in [-0.4, -0.2) is 27.8 Å². The smallest absolute Gasteiger partial charge is 0.251 e. The van der Waals surface area contributed by atoms with Gasteiger partial charge in [0.05, 0.1) is 6.04 Å². The first kappa shape index (κ1) is 16.9. The highest BCUT2D eigenvalue weighted by atomic mass is 16.5. The topological polar surface area (TPSA) is 88.2 Å². The molecule has 6 nitrogen and oxygen atoms in total. The van der Waals surface area contributed by atoms with Crippen LogP contribution in [0.25, 0.3) is 11.4 Å². The molecule has 0 fully saturated rings. The van der Waals surface area contributed by atoms with E-state index in [1.807, 2.05) is 30.3 Å². The standard InChI is InChI=1S/C19H19N3O3/c23-12-4-7-17(14-5-2-1-3-6-14)21-19(24)16-10-8-15(9-11-16)18-20-13-25-22-18/h1-3,5-6,8-11,13,17,23H,4,7,12H2,(H,21,24). The number of rotatable bonds is 7. The highest BCUT2D eigenvalue weighted by molar-refractivity contribution is 5.94. The molecular weight excluding hydrogens is 318 g/mol. The van der Waals surface area contributed by atoms with Crippen molar-refractivity contribution in [3.8, 4) is 11.4 Å². The summed E-state index contributed by atoms with van der Waals surface area (Å²) < 4.78 is 4.72. The monoisotopic (exact) mass is 337 g/mol. The normalized spacial score (nSPS) is 11.9. The summed E-state index contributed by atoms with van der Waals surface area (Å²) in [5, 5.41) is 15.9. The first-order valence-corrected chi connectivity index (χ1v) is 8.11. The molecule has 0 aliphatic carbocycles. The summed E-state index contributed by atoms with van der Waals surface area (Å²) in [5.41, 5.74) is 2.36. The Balaban J connectivity index is 1.72. The van der Waals surface area contributed by atoms with Crippen molar-refractivity contribution >= 4 is 5.91 Å². The van der Waals surface area contributed by atoms with E-state index in [2.05, 4.69) is 15.5 Å². The molecule has 0 saturated heterocycles. The Bertz CT molecular complexity index is 787. The molecule has 1 unspecified atom stereocenters. The van der Waals surface area contributed by atoms with E-state index in [0.717, 1.165) is 11.1 Å². The molecular formula is C19H19N3O3. The number of amides is 1. The number of aliphatic hydroxyl groups is 1. The molecule has 0 bridgehead atoms. The predicted octanol–water partition coefficient (Wildman–Crippen LogP) is 2.98. The van der Waals surface area contributed by atoms with Crippen molar-refractivity contribution in [1.29, 1.82) is 0 Å². The lowest BCUT2D eigenvalue weighted by molar-refractivity contribution is 0.0932. The second-order valence-electron chi connectivity index (χ2n) is 5.63. The van der Waals surface area contributed by atoms with Crippen molar-refractivity contribution in [1.82, 2.24) is 15.5 Å². The van der Waals surface area contributed by atoms with Gasteiger partial charge in [0.2, 0.25) is 12.2 Å². The first-order valence-electron chi connectivity index (χ1n) is 8.11. The van der Waals surface area contributed by atoms with Crippen LogP contribution in [0.4, 0.5) is 0 Å². The van der Waals surface area contributed by atoms with Crippen molar-refractivity contribution < 1.29 is 14.4 Å². The number of aliphatic hydroxyl groups excluding tert-OH is 1. The van der Waals surface area contributed by atoms with Gasteiger partial charge >= 0.3 is 0 Å². The lowest BCUT2D eigenvalue weighted by Crippen LogP contribution is -2.28. The van der Waals surface area contributed by atoms with Crippen molar-refractivity contribution in [2.24, 2.45) is 0 Å². The molecule has 1 amide bonds. The fourth-order valence-corrected chi connectivity index (χ4v) is 2.61. The summed E-state index contributed by atoms with van der Waals surface area (Å²) in [6, 6.07) is 16.6. The zero-order valence-corrected chi connectivity index (χ0v) is 13.6. The minimum Gasteiger partial charge on any atom is -0.396 e. The van der Waals surface area contributed by atoms with Crippen LogP contribution in [0.1, 0.15) is 34.8 Å². The Hall–Kier alpha value is -2.99. The molecule has 2 aromatic carbocycles. The Morgan fingerprint density at radius 3 is 2.52 bits per heavy atom. The average Bonchev–Trinajstić information content (AvgIpc) is 3.20. The Morgan fingerprint density at radius 2 is 1.88 bits per heavy atom. The highest BCUT2D eigenvalue weighted by Crippen LogP contribution is 2.20. The van der Waals surface area contributed by atoms with E-state index in [-0.39, 0.29) is 18.6 Å². The third-order valence-corrected chi connectivity index (χ3v) is 3.92. The van der Waals surface area contributed by atoms with Crippen LogP contribution in [0.3, 0.4) is 0 Å². The Morgan fingerprint density at radius 1 is 1.12 bits per heavy atom. The zero-order chi connectivity index (χ0) is 17.5. The van der Waals surface area contributed by atoms with Gasteiger partial charge in [-0.05, 0) is 30.5 Å². The predicted molar refractivity (Wildman–Crippen MR) is 92.7 cm³/mol. The minimum atomic E-state index is -0.161. The van der Waals surface area contributed by atoms with Gasteiger partial charge in [0.25, 0.3) is 5.91 Å². The van der Waals surface area contributed by atoms with Gasteiger partial charge in [-0.2, -0.15) is 4.98 Å². The van der Waals surface area contributed by atoms with E-state index in [0.29, 0.717) is 24.2 Å². The third kappa shape index (κ3) is 4.30. The molecule has 0 saturated carbocycles. The fourth-order valence-electron chi connectivity index (χ4n) is 2.61. The largest absolute Gasteiger partial charge is 0.396 e. The Kier molecular flexibility index (Phi) is 5.53. The molecule has 6 heteroatoms. The van der Waals surface area contributed by atoms with E-state index in [1.165, 1.54) is 6.39 Å². The molecule has 0 aliphatic rings. The van der Waals surface area contributed by atoms with Crippen LogP contribution >= 0.6 is 0 Å². The number of aromatic nitrogens is 2. The van der Waals surface area contributed by atoms with Gasteiger partial charge in [-0.25, -0.2) is 0 Å². The second kappa shape index (κ2) is 8.21. The molecule has 0 spiro atoms. The van der Waals surface area contributed by atoms with Gasteiger partial charge < -0.3 is 14.9 Å². The molecule has 25 heavy (non-hydrogen) atoms. The lowest BCUT2D eigenvalue weighted by atomic mass is 10.0. The third-order valence-electron chi connectivity index (χ3n) is 3.92. The maximum absolute atomic E-state index is 12.6. The lowest BCUT2D eigenvalue weighted by Gasteiger charge is -2.19. The summed E-state index contributed by atoms with van der Waals surface area (Å²) in [7, 11) is 0. The molecule has 0 aliphatic heterocycles. The maximum Gasteiger partial charge on any atom is 0.251 e. The van der Waals surface area contributed by atoms with Gasteiger partial charge in [-0.15, -0.1) is 0 Å². The van der Waals surface area contributed by atoms with Gasteiger partial charge in [0, 0.05) is 17.7 Å². The number of hydrogen-bond acceptors (Lipinski definition) is 5. The summed E-state index contributed by atoms with van der Waals surface area (Å²) in [6.45, 7) is 0.0958. The van der Waals surface area contributed by atoms with Gasteiger partial charge in [-0.3, -0.25) is 4.79 Å². The number of benzene rings is 2. The quantitative estimate of drug-likeness (QED) is 0.692. The van der Waals surface area contributed by atoms with Gasteiger partial charge in [0.1, 0.15) is 0 Å². The first-order chi connectivity index (χ1) is 12.3. The number of nitrogens with one attached hydrogen (secondary N) is 1.